The minimum absolute atomic E-state index is 0.159. The monoisotopic (exact) mass is 371 g/mol. The van der Waals surface area contributed by atoms with Crippen LogP contribution in [-0.2, 0) is 6.42 Å². The van der Waals surface area contributed by atoms with Crippen molar-refractivity contribution in [2.45, 2.75) is 37.6 Å². The zero-order valence-electron chi connectivity index (χ0n) is 15.0. The molecule has 0 amide bonds. The molecule has 0 saturated carbocycles. The summed E-state index contributed by atoms with van der Waals surface area (Å²) in [4.78, 5) is 13.0. The van der Waals surface area contributed by atoms with E-state index in [2.05, 4.69) is 44.4 Å². The summed E-state index contributed by atoms with van der Waals surface area (Å²) < 4.78 is 26.6. The first-order valence-corrected chi connectivity index (χ1v) is 9.35. The minimum Gasteiger partial charge on any atom is -0.365 e. The highest BCUT2D eigenvalue weighted by molar-refractivity contribution is 5.55. The maximum Gasteiger partial charge on any atom is 0.250 e. The number of hydrogen-bond donors (Lipinski definition) is 2. The lowest BCUT2D eigenvalue weighted by atomic mass is 9.82. The molecule has 1 fully saturated rings. The molecule has 5 nitrogen and oxygen atoms in total. The van der Waals surface area contributed by atoms with Crippen LogP contribution in [0.25, 0.3) is 0 Å². The highest BCUT2D eigenvalue weighted by Crippen LogP contribution is 2.39. The van der Waals surface area contributed by atoms with E-state index in [0.29, 0.717) is 24.9 Å². The fourth-order valence-electron chi connectivity index (χ4n) is 4.14. The van der Waals surface area contributed by atoms with Gasteiger partial charge in [-0.3, -0.25) is 0 Å². The van der Waals surface area contributed by atoms with Crippen molar-refractivity contribution in [1.82, 2.24) is 15.3 Å². The van der Waals surface area contributed by atoms with Gasteiger partial charge in [0.2, 0.25) is 6.43 Å². The zero-order chi connectivity index (χ0) is 18.8. The van der Waals surface area contributed by atoms with E-state index in [1.807, 2.05) is 18.2 Å². The lowest BCUT2D eigenvalue weighted by molar-refractivity contribution is 0.0825. The number of aliphatic imine (C=N–C) groups is 1. The van der Waals surface area contributed by atoms with Crippen LogP contribution in [0.1, 0.15) is 35.6 Å². The van der Waals surface area contributed by atoms with Gasteiger partial charge in [0.1, 0.15) is 5.82 Å². The Hall–Kier alpha value is -2.41. The third-order valence-electron chi connectivity index (χ3n) is 5.53. The van der Waals surface area contributed by atoms with Crippen LogP contribution in [0.15, 0.2) is 35.3 Å². The van der Waals surface area contributed by atoms with Crippen LogP contribution >= 0.6 is 0 Å². The maximum atomic E-state index is 13.3. The Morgan fingerprint density at radius 1 is 1.19 bits per heavy atom. The average Bonchev–Trinajstić information content (AvgIpc) is 3.16. The molecule has 2 aromatic rings. The average molecular weight is 371 g/mol. The van der Waals surface area contributed by atoms with Gasteiger partial charge in [0.25, 0.3) is 5.95 Å². The number of nitrogens with one attached hydrogen (secondary N) is 2. The molecule has 142 valence electrons. The van der Waals surface area contributed by atoms with E-state index in [4.69, 9.17) is 0 Å². The van der Waals surface area contributed by atoms with Crippen LogP contribution in [0.2, 0.25) is 0 Å². The molecule has 2 N–H and O–H groups in total. The fraction of sp³-hybridized carbons (Fsp3) is 0.450. The molecule has 0 radical (unpaired) electrons. The summed E-state index contributed by atoms with van der Waals surface area (Å²) in [5.74, 6) is 0.344. The highest BCUT2D eigenvalue weighted by atomic mass is 19.3. The molecule has 3 atom stereocenters. The Labute approximate surface area is 157 Å². The van der Waals surface area contributed by atoms with E-state index < -0.39 is 12.3 Å². The zero-order valence-corrected chi connectivity index (χ0v) is 15.0. The summed E-state index contributed by atoms with van der Waals surface area (Å²) in [6.45, 7) is 4.36. The second-order valence-electron chi connectivity index (χ2n) is 7.16. The number of anilines is 1. The van der Waals surface area contributed by atoms with Crippen molar-refractivity contribution in [2.75, 3.05) is 18.4 Å². The molecule has 2 heterocycles. The molecular weight excluding hydrogens is 348 g/mol. The summed E-state index contributed by atoms with van der Waals surface area (Å²) in [6.07, 6.45) is 0.462. The first kappa shape index (κ1) is 18.0. The number of aromatic nitrogens is 2. The molecule has 1 unspecified atom stereocenters. The second kappa shape index (κ2) is 7.68. The van der Waals surface area contributed by atoms with Gasteiger partial charge >= 0.3 is 0 Å². The molecule has 1 aromatic carbocycles. The summed E-state index contributed by atoms with van der Waals surface area (Å²) in [5, 5.41) is 6.31. The number of nitrogens with zero attached hydrogens (tertiary/aromatic N) is 3. The minimum atomic E-state index is -2.37. The van der Waals surface area contributed by atoms with Gasteiger partial charge in [-0.05, 0) is 31.5 Å². The topological polar surface area (TPSA) is 62.2 Å². The standard InChI is InChI=1S/C20H23F2N5/c1-23-20-26-17-13(12-6-3-2-4-7-12)8-5-9-14(17)19(27-20)25-16-11-24-10-15(16)18(21)22/h2-4,6-7,13,15-16,18,24H,1,5,8-11H2,(H,25,26,27)/t13?,15-,16-/m0/s1. The van der Waals surface area contributed by atoms with Crippen molar-refractivity contribution in [3.63, 3.8) is 0 Å². The lowest BCUT2D eigenvalue weighted by Gasteiger charge is -2.28. The van der Waals surface area contributed by atoms with Crippen LogP contribution in [0.3, 0.4) is 0 Å². The van der Waals surface area contributed by atoms with Gasteiger partial charge in [0.05, 0.1) is 11.6 Å². The van der Waals surface area contributed by atoms with E-state index in [1.165, 1.54) is 5.56 Å². The van der Waals surface area contributed by atoms with E-state index in [1.54, 1.807) is 0 Å². The largest absolute Gasteiger partial charge is 0.365 e. The van der Waals surface area contributed by atoms with Gasteiger partial charge in [-0.15, -0.1) is 0 Å². The summed E-state index contributed by atoms with van der Waals surface area (Å²) in [7, 11) is 0. The molecular formula is C20H23F2N5. The number of fused-ring (bicyclic) bond motifs is 1. The number of alkyl halides is 2. The van der Waals surface area contributed by atoms with E-state index in [0.717, 1.165) is 30.5 Å². The van der Waals surface area contributed by atoms with Crippen molar-refractivity contribution in [3.05, 3.63) is 47.2 Å². The quantitative estimate of drug-likeness (QED) is 0.789. The highest BCUT2D eigenvalue weighted by Gasteiger charge is 2.35. The van der Waals surface area contributed by atoms with Crippen LogP contribution in [0.4, 0.5) is 20.5 Å². The third-order valence-corrected chi connectivity index (χ3v) is 5.53. The molecule has 1 aliphatic carbocycles. The molecule has 1 aromatic heterocycles. The molecule has 1 aliphatic heterocycles. The second-order valence-corrected chi connectivity index (χ2v) is 7.16. The van der Waals surface area contributed by atoms with Crippen LogP contribution in [0.5, 0.6) is 0 Å². The lowest BCUT2D eigenvalue weighted by Crippen LogP contribution is -2.33. The van der Waals surface area contributed by atoms with Gasteiger partial charge in [-0.1, -0.05) is 30.3 Å². The van der Waals surface area contributed by atoms with Gasteiger partial charge in [-0.25, -0.2) is 18.8 Å². The molecule has 27 heavy (non-hydrogen) atoms. The summed E-state index contributed by atoms with van der Waals surface area (Å²) in [5.41, 5.74) is 3.15. The van der Waals surface area contributed by atoms with Gasteiger partial charge in [-0.2, -0.15) is 4.98 Å². The van der Waals surface area contributed by atoms with Crippen LogP contribution < -0.4 is 10.6 Å². The predicted molar refractivity (Wildman–Crippen MR) is 102 cm³/mol. The first-order chi connectivity index (χ1) is 13.2. The summed E-state index contributed by atoms with van der Waals surface area (Å²) >= 11 is 0. The van der Waals surface area contributed by atoms with Gasteiger partial charge < -0.3 is 10.6 Å². The third kappa shape index (κ3) is 3.56. The van der Waals surface area contributed by atoms with Crippen molar-refractivity contribution in [1.29, 1.82) is 0 Å². The Bertz CT molecular complexity index is 812. The normalized spacial score (nSPS) is 24.6. The van der Waals surface area contributed by atoms with E-state index in [-0.39, 0.29) is 12.0 Å². The Kier molecular flexibility index (Phi) is 5.11. The van der Waals surface area contributed by atoms with Gasteiger partial charge in [0, 0.05) is 30.6 Å². The van der Waals surface area contributed by atoms with Crippen molar-refractivity contribution < 1.29 is 8.78 Å². The number of hydrogen-bond acceptors (Lipinski definition) is 5. The first-order valence-electron chi connectivity index (χ1n) is 9.35. The molecule has 0 spiro atoms. The van der Waals surface area contributed by atoms with Crippen molar-refractivity contribution >= 4 is 18.5 Å². The Morgan fingerprint density at radius 2 is 2.00 bits per heavy atom. The Morgan fingerprint density at radius 3 is 2.74 bits per heavy atom. The predicted octanol–water partition coefficient (Wildman–Crippen LogP) is 3.54. The number of benzene rings is 1. The molecule has 4 rings (SSSR count). The van der Waals surface area contributed by atoms with Gasteiger partial charge in [0.15, 0.2) is 0 Å². The molecule has 0 bridgehead atoms. The number of halogens is 2. The number of rotatable bonds is 5. The maximum absolute atomic E-state index is 13.3. The van der Waals surface area contributed by atoms with Crippen LogP contribution in [0, 0.1) is 5.92 Å². The molecule has 2 aliphatic rings. The smallest absolute Gasteiger partial charge is 0.250 e. The van der Waals surface area contributed by atoms with Crippen molar-refractivity contribution in [3.8, 4) is 0 Å². The van der Waals surface area contributed by atoms with E-state index >= 15 is 0 Å². The summed E-state index contributed by atoms with van der Waals surface area (Å²) in [6, 6.07) is 9.88. The Balaban J connectivity index is 1.72. The SMILES string of the molecule is C=Nc1nc(N[C@H]2CNC[C@@H]2C(F)F)c2c(n1)C(c1ccccc1)CCC2. The molecule has 1 saturated heterocycles. The molecule has 7 heteroatoms. The van der Waals surface area contributed by atoms with E-state index in [9.17, 15) is 8.78 Å². The fourth-order valence-corrected chi connectivity index (χ4v) is 4.14. The van der Waals surface area contributed by atoms with Crippen molar-refractivity contribution in [2.24, 2.45) is 10.9 Å². The van der Waals surface area contributed by atoms with Crippen LogP contribution in [-0.4, -0.2) is 42.2 Å².